The minimum atomic E-state index is -1.89. The van der Waals surface area contributed by atoms with E-state index in [-0.39, 0.29) is 99.0 Å². The van der Waals surface area contributed by atoms with E-state index in [1.54, 1.807) is 6.20 Å². The van der Waals surface area contributed by atoms with Crippen LogP contribution < -0.4 is 0 Å². The van der Waals surface area contributed by atoms with E-state index in [2.05, 4.69) is 30.9 Å². The average Bonchev–Trinajstić information content (AvgIpc) is 1.76. The Bertz CT molecular complexity index is 3070. The van der Waals surface area contributed by atoms with Crippen LogP contribution in [0.3, 0.4) is 0 Å². The number of ether oxygens (including phenoxy) is 21. The number of hydrogen-bond acceptors (Lipinski definition) is 47. The van der Waals surface area contributed by atoms with Gasteiger partial charge in [0.15, 0.2) is 12.5 Å². The third kappa shape index (κ3) is 34.6. The minimum Gasteiger partial charge on any atom is -0.394 e. The van der Waals surface area contributed by atoms with E-state index in [4.69, 9.17) is 99.5 Å². The highest BCUT2D eigenvalue weighted by atomic mass is 32.2. The molecule has 47 nitrogen and oxygen atoms in total. The second kappa shape index (κ2) is 57.6. The number of rotatable bonds is 64. The van der Waals surface area contributed by atoms with Gasteiger partial charge in [-0.05, 0) is 0 Å². The lowest BCUT2D eigenvalue weighted by Crippen LogP contribution is -2.63. The van der Waals surface area contributed by atoms with E-state index in [1.807, 2.05) is 0 Å². The molecular weight excluding hydrogens is 1660 g/mol. The molecule has 688 valence electrons. The Morgan fingerprint density at radius 2 is 0.563 bits per heavy atom. The maximum Gasteiger partial charge on any atom is 0.187 e. The Balaban J connectivity index is 0.712. The normalized spacial score (nSPS) is 31.4. The molecule has 3 aromatic rings. The zero-order valence-corrected chi connectivity index (χ0v) is 68.4. The molecule has 8 heterocycles. The molecule has 5 aliphatic heterocycles. The molecule has 50 heteroatoms. The molecule has 119 heavy (non-hydrogen) atoms. The molecular formula is C69H121N9O38S3. The van der Waals surface area contributed by atoms with Gasteiger partial charge in [-0.2, -0.15) is 0 Å². The van der Waals surface area contributed by atoms with Crippen molar-refractivity contribution in [1.29, 1.82) is 0 Å². The maximum absolute atomic E-state index is 12.0. The van der Waals surface area contributed by atoms with Crippen LogP contribution in [0, 0.1) is 0 Å². The fourth-order valence-electron chi connectivity index (χ4n) is 12.1. The van der Waals surface area contributed by atoms with Crippen LogP contribution in [0.4, 0.5) is 0 Å². The summed E-state index contributed by atoms with van der Waals surface area (Å²) in [4.78, 5) is 0. The summed E-state index contributed by atoms with van der Waals surface area (Å²) in [6.07, 6.45) is -27.0. The van der Waals surface area contributed by atoms with Crippen molar-refractivity contribution in [3.05, 3.63) is 35.7 Å². The Morgan fingerprint density at radius 3 is 0.899 bits per heavy atom. The third-order valence-corrected chi connectivity index (χ3v) is 22.0. The molecule has 17 N–H and O–H groups in total. The number of aliphatic hydroxyl groups is 17. The van der Waals surface area contributed by atoms with Crippen molar-refractivity contribution in [2.24, 2.45) is 0 Å². The van der Waals surface area contributed by atoms with Gasteiger partial charge in [-0.3, -0.25) is 0 Å². The Hall–Kier alpha value is -3.05. The molecule has 0 spiro atoms. The van der Waals surface area contributed by atoms with E-state index in [9.17, 15) is 86.8 Å². The maximum atomic E-state index is 12.0. The first kappa shape index (κ1) is 101. The van der Waals surface area contributed by atoms with Gasteiger partial charge in [-0.1, -0.05) is 15.6 Å². The summed E-state index contributed by atoms with van der Waals surface area (Å²) >= 11 is 3.59. The smallest absolute Gasteiger partial charge is 0.187 e. The van der Waals surface area contributed by atoms with Crippen LogP contribution in [0.1, 0.15) is 23.3 Å². The zero-order valence-electron chi connectivity index (χ0n) is 66.0. The van der Waals surface area contributed by atoms with E-state index < -0.39 is 171 Å². The summed E-state index contributed by atoms with van der Waals surface area (Å²) in [5, 5.41) is 201. The number of aliphatic hydroxyl groups excluding tert-OH is 17. The van der Waals surface area contributed by atoms with Gasteiger partial charge in [0.05, 0.1) is 250 Å². The van der Waals surface area contributed by atoms with Crippen LogP contribution in [-0.2, 0) is 132 Å². The van der Waals surface area contributed by atoms with Gasteiger partial charge in [-0.15, -0.1) is 50.6 Å². The van der Waals surface area contributed by atoms with Gasteiger partial charge in [0.1, 0.15) is 155 Å². The van der Waals surface area contributed by atoms with E-state index in [1.165, 1.54) is 61.7 Å². The second-order valence-corrected chi connectivity index (χ2v) is 31.0. The molecule has 5 saturated heterocycles. The molecule has 5 fully saturated rings. The second-order valence-electron chi connectivity index (χ2n) is 27.4. The summed E-state index contributed by atoms with van der Waals surface area (Å²) in [7, 11) is 0. The predicted octanol–water partition coefficient (Wildman–Crippen LogP) is -9.98. The van der Waals surface area contributed by atoms with Crippen LogP contribution in [0.5, 0.6) is 0 Å². The molecule has 3 unspecified atom stereocenters. The van der Waals surface area contributed by atoms with Crippen LogP contribution in [0.15, 0.2) is 18.6 Å². The highest BCUT2D eigenvalue weighted by molar-refractivity contribution is 8.00. The lowest BCUT2D eigenvalue weighted by molar-refractivity contribution is -0.345. The molecule has 0 aliphatic carbocycles. The first-order valence-electron chi connectivity index (χ1n) is 39.3. The van der Waals surface area contributed by atoms with Gasteiger partial charge >= 0.3 is 0 Å². The van der Waals surface area contributed by atoms with Crippen molar-refractivity contribution in [2.75, 3.05) is 215 Å². The highest BCUT2D eigenvalue weighted by Crippen LogP contribution is 2.36. The van der Waals surface area contributed by atoms with Crippen molar-refractivity contribution in [1.82, 2.24) is 45.0 Å². The highest BCUT2D eigenvalue weighted by Gasteiger charge is 2.53. The molecule has 0 radical (unpaired) electrons. The first-order chi connectivity index (χ1) is 57.8. The molecule has 8 rings (SSSR count). The summed E-state index contributed by atoms with van der Waals surface area (Å²) in [6, 6.07) is 0. The van der Waals surface area contributed by atoms with Crippen molar-refractivity contribution in [2.45, 2.75) is 184 Å². The third-order valence-electron chi connectivity index (χ3n) is 18.6. The quantitative estimate of drug-likeness (QED) is 0.0233. The molecule has 0 bridgehead atoms. The van der Waals surface area contributed by atoms with Crippen molar-refractivity contribution in [3.63, 3.8) is 0 Å². The fraction of sp³-hybridized carbons (Fsp3) is 0.913. The Labute approximate surface area is 698 Å². The van der Waals surface area contributed by atoms with Gasteiger partial charge in [0.25, 0.3) is 0 Å². The standard InChI is InChI=1S/C69H121N9O38S3/c79-36-47-51(83)55(87)61(93)67(113-47)117-28-25-105-16-13-99-4-1-96-7-10-102-19-22-108-39-42-31-76(73-70-42)34-45-50(82)54(86)60(92)66(112-45)116-64-46(35-77-32-43(71-74-77)40-109-23-20-103-11-8-97-2-5-100-14-17-106-26-29-118-68-62(94)56(88)52(84)48(37-80)114-68)111-65(59(91)58(64)90)78-33-44(72-75-78)41-110-24-21-104-12-9-98-3-6-101-15-18-107-27-30-119-69-63(95)57(89)53(85)49(38-81)115-69/h31-33,45-69,79-95H,1-30,34-41H2/t45-,46-,47-,48-,49+,50-,51+,52+,53-,54+,55+,56+,57-,58-,59-,60-,61-,62-,63+,64-,65-,66-,67?,68?,69?/m1/s1. The predicted molar refractivity (Wildman–Crippen MR) is 405 cm³/mol. The van der Waals surface area contributed by atoms with E-state index in [0.717, 1.165) is 0 Å². The lowest BCUT2D eigenvalue weighted by atomic mass is 9.96. The van der Waals surface area contributed by atoms with Gasteiger partial charge in [0, 0.05) is 17.3 Å². The summed E-state index contributed by atoms with van der Waals surface area (Å²) in [5.74, 6) is 1.28. The number of aromatic nitrogens is 9. The minimum absolute atomic E-state index is 0.0156. The van der Waals surface area contributed by atoms with Crippen molar-refractivity contribution >= 4 is 35.3 Å². The molecule has 0 saturated carbocycles. The summed E-state index contributed by atoms with van der Waals surface area (Å²) < 4.78 is 123. The molecule has 0 amide bonds. The molecule has 5 aliphatic rings. The van der Waals surface area contributed by atoms with Crippen molar-refractivity contribution in [3.8, 4) is 0 Å². The topological polar surface area (TPSA) is 630 Å². The Morgan fingerprint density at radius 1 is 0.277 bits per heavy atom. The molecule has 3 aromatic heterocycles. The van der Waals surface area contributed by atoms with Gasteiger partial charge in [0.2, 0.25) is 0 Å². The summed E-state index contributed by atoms with van der Waals surface area (Å²) in [6.45, 7) is 5.77. The zero-order chi connectivity index (χ0) is 85.1. The van der Waals surface area contributed by atoms with Crippen LogP contribution >= 0.6 is 35.3 Å². The number of nitrogens with zero attached hydrogens (tertiary/aromatic N) is 9. The van der Waals surface area contributed by atoms with Crippen LogP contribution in [0.25, 0.3) is 0 Å². The van der Waals surface area contributed by atoms with E-state index in [0.29, 0.717) is 147 Å². The van der Waals surface area contributed by atoms with Gasteiger partial charge in [-0.25, -0.2) is 14.0 Å². The lowest BCUT2D eigenvalue weighted by Gasteiger charge is -2.46. The SMILES string of the molecule is OC[C@@H]1OC(SCCOCCOCCOCCOCCOCc2cn([C@@H]3O[C@H](Cn4cc(COCCOCCOCCOCCOCCSC5O[C@H](CO)[C@H](O)[C@H](O)[C@H]5O)nn4)[C@@H](O[C@H]4O[C@H](Cn5cc(COCCOCCOCCOCCOCCSC6O[C@H](CO)[C@H](O)[C@H](O)[C@H]6O)nn5)[C@@H](O)[C@H](O)[C@H]4O)[C@H](O)[C@H]3O)nn2)[C@@H](O)[C@H](O)[C@@H]1O. The van der Waals surface area contributed by atoms with Crippen LogP contribution in [0.2, 0.25) is 0 Å². The van der Waals surface area contributed by atoms with E-state index >= 15 is 0 Å². The fourth-order valence-corrected chi connectivity index (χ4v) is 15.2. The Kier molecular flexibility index (Phi) is 49.1. The number of hydrogen-bond donors (Lipinski definition) is 17. The first-order valence-corrected chi connectivity index (χ1v) is 42.4. The average molecular weight is 1780 g/mol. The van der Waals surface area contributed by atoms with Crippen molar-refractivity contribution < 1.29 is 186 Å². The largest absolute Gasteiger partial charge is 0.394 e. The monoisotopic (exact) mass is 1780 g/mol. The summed E-state index contributed by atoms with van der Waals surface area (Å²) in [5.41, 5.74) is -1.35. The molecule has 25 atom stereocenters. The van der Waals surface area contributed by atoms with Crippen LogP contribution in [-0.4, -0.2) is 492 Å². The number of thioether (sulfide) groups is 3. The van der Waals surface area contributed by atoms with Gasteiger partial charge < -0.3 is 186 Å². The molecule has 0 aromatic carbocycles.